The first-order valence-corrected chi connectivity index (χ1v) is 11.3. The number of thioether (sulfide) groups is 1. The summed E-state index contributed by atoms with van der Waals surface area (Å²) in [5, 5.41) is 12.6. The zero-order valence-corrected chi connectivity index (χ0v) is 19.2. The summed E-state index contributed by atoms with van der Waals surface area (Å²) in [6.07, 6.45) is 0.517. The number of carbonyl (C=O) groups is 2. The molecule has 1 aromatic carbocycles. The predicted molar refractivity (Wildman–Crippen MR) is 118 cm³/mol. The third kappa shape index (κ3) is 5.87. The van der Waals surface area contributed by atoms with Crippen molar-refractivity contribution in [3.8, 4) is 0 Å². The molecule has 0 saturated carbocycles. The van der Waals surface area contributed by atoms with Crippen molar-refractivity contribution in [3.63, 3.8) is 0 Å². The van der Waals surface area contributed by atoms with E-state index >= 15 is 0 Å². The summed E-state index contributed by atoms with van der Waals surface area (Å²) in [5.41, 5.74) is 0.445. The highest BCUT2D eigenvalue weighted by atomic mass is 35.5. The van der Waals surface area contributed by atoms with Gasteiger partial charge >= 0.3 is 0 Å². The number of likely N-dealkylation sites (N-methyl/N-ethyl adjacent to an activating group) is 1. The van der Waals surface area contributed by atoms with Gasteiger partial charge in [0.2, 0.25) is 5.91 Å². The first-order chi connectivity index (χ1) is 14.3. The number of halogens is 2. The number of carbonyl (C=O) groups excluding carboxylic acids is 2. The number of rotatable bonds is 7. The van der Waals surface area contributed by atoms with Gasteiger partial charge in [-0.2, -0.15) is 0 Å². The van der Waals surface area contributed by atoms with E-state index in [1.807, 2.05) is 16.5 Å². The van der Waals surface area contributed by atoms with Gasteiger partial charge in [-0.15, -0.1) is 10.2 Å². The molecule has 2 heterocycles. The van der Waals surface area contributed by atoms with Gasteiger partial charge in [-0.25, -0.2) is 0 Å². The van der Waals surface area contributed by atoms with E-state index in [4.69, 9.17) is 23.2 Å². The first kappa shape index (κ1) is 22.9. The Morgan fingerprint density at radius 2 is 1.83 bits per heavy atom. The minimum Gasteiger partial charge on any atom is -0.352 e. The number of nitrogens with one attached hydrogen (secondary N) is 1. The molecule has 0 atom stereocenters. The van der Waals surface area contributed by atoms with Crippen LogP contribution >= 0.6 is 35.0 Å². The Balaban J connectivity index is 1.46. The minimum absolute atomic E-state index is 0.117. The van der Waals surface area contributed by atoms with E-state index in [-0.39, 0.29) is 11.8 Å². The Bertz CT molecular complexity index is 914. The third-order valence-corrected chi connectivity index (χ3v) is 6.67. The van der Waals surface area contributed by atoms with Crippen molar-refractivity contribution < 1.29 is 9.59 Å². The lowest BCUT2D eigenvalue weighted by Gasteiger charge is -2.32. The van der Waals surface area contributed by atoms with Gasteiger partial charge in [0, 0.05) is 51.8 Å². The number of aromatic nitrogens is 3. The van der Waals surface area contributed by atoms with E-state index in [9.17, 15) is 9.59 Å². The van der Waals surface area contributed by atoms with Crippen LogP contribution in [-0.2, 0) is 18.3 Å². The standard InChI is InChI=1S/C19H24Cl2N6O2S/c1-25-7-9-27(10-8-25)17(28)12-30-19-24-23-16(26(19)2)5-6-22-18(29)13-3-4-14(20)15(21)11-13/h3-4,11H,5-10,12H2,1-2H3,(H,22,29). The van der Waals surface area contributed by atoms with Crippen molar-refractivity contribution in [3.05, 3.63) is 39.6 Å². The van der Waals surface area contributed by atoms with Crippen molar-refractivity contribution in [1.82, 2.24) is 29.9 Å². The Labute approximate surface area is 189 Å². The zero-order valence-electron chi connectivity index (χ0n) is 16.9. The SMILES string of the molecule is CN1CCN(C(=O)CSc2nnc(CCNC(=O)c3ccc(Cl)c(Cl)c3)n2C)CC1. The third-order valence-electron chi connectivity index (χ3n) is 4.92. The quantitative estimate of drug-likeness (QED) is 0.622. The van der Waals surface area contributed by atoms with Crippen LogP contribution in [0.1, 0.15) is 16.2 Å². The van der Waals surface area contributed by atoms with Gasteiger partial charge in [-0.3, -0.25) is 9.59 Å². The largest absolute Gasteiger partial charge is 0.352 e. The van der Waals surface area contributed by atoms with E-state index in [2.05, 4.69) is 27.5 Å². The van der Waals surface area contributed by atoms with Crippen LogP contribution < -0.4 is 5.32 Å². The monoisotopic (exact) mass is 470 g/mol. The Morgan fingerprint density at radius 3 is 2.53 bits per heavy atom. The molecule has 30 heavy (non-hydrogen) atoms. The highest BCUT2D eigenvalue weighted by Gasteiger charge is 2.20. The number of amides is 2. The summed E-state index contributed by atoms with van der Waals surface area (Å²) in [6, 6.07) is 4.75. The minimum atomic E-state index is -0.233. The second-order valence-electron chi connectivity index (χ2n) is 7.07. The number of benzene rings is 1. The average molecular weight is 471 g/mol. The molecule has 8 nitrogen and oxygen atoms in total. The Hall–Kier alpha value is -1.81. The predicted octanol–water partition coefficient (Wildman–Crippen LogP) is 1.96. The molecule has 3 rings (SSSR count). The number of piperazine rings is 1. The van der Waals surface area contributed by atoms with E-state index in [0.29, 0.717) is 39.5 Å². The van der Waals surface area contributed by atoms with Crippen molar-refractivity contribution in [1.29, 1.82) is 0 Å². The normalized spacial score (nSPS) is 14.7. The lowest BCUT2D eigenvalue weighted by molar-refractivity contribution is -0.129. The van der Waals surface area contributed by atoms with Gasteiger partial charge in [-0.05, 0) is 25.2 Å². The maximum atomic E-state index is 12.4. The molecule has 1 aliphatic heterocycles. The van der Waals surface area contributed by atoms with Gasteiger partial charge in [0.15, 0.2) is 5.16 Å². The molecule has 0 unspecified atom stereocenters. The summed E-state index contributed by atoms with van der Waals surface area (Å²) in [5.74, 6) is 0.956. The molecule has 1 aromatic heterocycles. The molecule has 1 fully saturated rings. The molecular weight excluding hydrogens is 447 g/mol. The summed E-state index contributed by atoms with van der Waals surface area (Å²) < 4.78 is 1.85. The summed E-state index contributed by atoms with van der Waals surface area (Å²) >= 11 is 13.2. The maximum absolute atomic E-state index is 12.4. The molecular formula is C19H24Cl2N6O2S. The van der Waals surface area contributed by atoms with Crippen LogP contribution in [0.2, 0.25) is 10.0 Å². The van der Waals surface area contributed by atoms with Crippen LogP contribution in [0.3, 0.4) is 0 Å². The topological polar surface area (TPSA) is 83.4 Å². The van der Waals surface area contributed by atoms with Crippen LogP contribution in [-0.4, -0.2) is 81.9 Å². The fraction of sp³-hybridized carbons (Fsp3) is 0.474. The second-order valence-corrected chi connectivity index (χ2v) is 8.82. The lowest BCUT2D eigenvalue weighted by Crippen LogP contribution is -2.47. The summed E-state index contributed by atoms with van der Waals surface area (Å²) in [4.78, 5) is 28.7. The van der Waals surface area contributed by atoms with Gasteiger partial charge in [0.1, 0.15) is 5.82 Å². The van der Waals surface area contributed by atoms with Crippen LogP contribution in [0.5, 0.6) is 0 Å². The Morgan fingerprint density at radius 1 is 1.10 bits per heavy atom. The molecule has 11 heteroatoms. The van der Waals surface area contributed by atoms with Crippen molar-refractivity contribution in [2.45, 2.75) is 11.6 Å². The zero-order chi connectivity index (χ0) is 21.7. The fourth-order valence-electron chi connectivity index (χ4n) is 2.99. The summed E-state index contributed by atoms with van der Waals surface area (Å²) in [6.45, 7) is 3.73. The number of hydrogen-bond donors (Lipinski definition) is 1. The average Bonchev–Trinajstić information content (AvgIpc) is 3.08. The first-order valence-electron chi connectivity index (χ1n) is 9.56. The molecule has 2 amide bonds. The molecule has 0 bridgehead atoms. The van der Waals surface area contributed by atoms with Crippen LogP contribution in [0.25, 0.3) is 0 Å². The van der Waals surface area contributed by atoms with E-state index in [0.717, 1.165) is 32.0 Å². The fourth-order valence-corrected chi connectivity index (χ4v) is 4.12. The Kier molecular flexibility index (Phi) is 7.99. The van der Waals surface area contributed by atoms with Gasteiger partial charge in [0.05, 0.1) is 15.8 Å². The van der Waals surface area contributed by atoms with Crippen LogP contribution in [0, 0.1) is 0 Å². The van der Waals surface area contributed by atoms with Crippen molar-refractivity contribution in [2.24, 2.45) is 7.05 Å². The van der Waals surface area contributed by atoms with Crippen molar-refractivity contribution in [2.75, 3.05) is 45.5 Å². The molecule has 0 spiro atoms. The van der Waals surface area contributed by atoms with Gasteiger partial charge in [0.25, 0.3) is 5.91 Å². The lowest BCUT2D eigenvalue weighted by atomic mass is 10.2. The smallest absolute Gasteiger partial charge is 0.251 e. The van der Waals surface area contributed by atoms with E-state index in [1.165, 1.54) is 17.8 Å². The van der Waals surface area contributed by atoms with Gasteiger partial charge in [-0.1, -0.05) is 35.0 Å². The highest BCUT2D eigenvalue weighted by Crippen LogP contribution is 2.22. The van der Waals surface area contributed by atoms with Gasteiger partial charge < -0.3 is 19.7 Å². The van der Waals surface area contributed by atoms with Crippen LogP contribution in [0.15, 0.2) is 23.4 Å². The molecule has 1 aliphatic rings. The van der Waals surface area contributed by atoms with E-state index < -0.39 is 0 Å². The number of hydrogen-bond acceptors (Lipinski definition) is 6. The second kappa shape index (κ2) is 10.5. The molecule has 1 N–H and O–H groups in total. The van der Waals surface area contributed by atoms with E-state index in [1.54, 1.807) is 12.1 Å². The van der Waals surface area contributed by atoms with Crippen LogP contribution in [0.4, 0.5) is 0 Å². The molecule has 0 radical (unpaired) electrons. The molecule has 1 saturated heterocycles. The number of nitrogens with zero attached hydrogens (tertiary/aromatic N) is 5. The molecule has 2 aromatic rings. The van der Waals surface area contributed by atoms with Crippen molar-refractivity contribution >= 4 is 46.8 Å². The maximum Gasteiger partial charge on any atom is 0.251 e. The highest BCUT2D eigenvalue weighted by molar-refractivity contribution is 7.99. The molecule has 162 valence electrons. The summed E-state index contributed by atoms with van der Waals surface area (Å²) in [7, 11) is 3.92. The molecule has 0 aliphatic carbocycles.